The molecule has 0 aromatic carbocycles. The molecule has 17 heavy (non-hydrogen) atoms. The zero-order valence-corrected chi connectivity index (χ0v) is 11.0. The summed E-state index contributed by atoms with van der Waals surface area (Å²) in [5, 5.41) is 0. The Balaban J connectivity index is 1.42. The van der Waals surface area contributed by atoms with Crippen molar-refractivity contribution in [2.24, 2.45) is 17.8 Å². The molecule has 0 saturated heterocycles. The Morgan fingerprint density at radius 2 is 1.59 bits per heavy atom. The molecule has 0 aliphatic heterocycles. The van der Waals surface area contributed by atoms with Gasteiger partial charge in [-0.25, -0.2) is 0 Å². The molecular weight excluding hydrogens is 204 g/mol. The second-order valence-corrected chi connectivity index (χ2v) is 6.45. The lowest BCUT2D eigenvalue weighted by molar-refractivity contribution is 0.207. The van der Waals surface area contributed by atoms with Crippen LogP contribution in [0.1, 0.15) is 64.2 Å². The van der Waals surface area contributed by atoms with Gasteiger partial charge >= 0.3 is 0 Å². The van der Waals surface area contributed by atoms with Crippen LogP contribution in [0.25, 0.3) is 0 Å². The molecule has 0 N–H and O–H groups in total. The third kappa shape index (κ3) is 2.84. The molecule has 0 bridgehead atoms. The SMILES string of the molecule is C1=C/C(=C\CC2CCC(C3CCCC3)CC2)C1. The van der Waals surface area contributed by atoms with Gasteiger partial charge in [0.1, 0.15) is 0 Å². The molecule has 2 fully saturated rings. The van der Waals surface area contributed by atoms with Crippen molar-refractivity contribution in [1.29, 1.82) is 0 Å². The summed E-state index contributed by atoms with van der Waals surface area (Å²) >= 11 is 0. The number of hydrogen-bond donors (Lipinski definition) is 0. The van der Waals surface area contributed by atoms with Crippen LogP contribution in [0.5, 0.6) is 0 Å². The van der Waals surface area contributed by atoms with Crippen LogP contribution in [-0.4, -0.2) is 0 Å². The largest absolute Gasteiger partial charge is 0.0807 e. The highest BCUT2D eigenvalue weighted by Gasteiger charge is 2.28. The average molecular weight is 230 g/mol. The molecule has 3 rings (SSSR count). The van der Waals surface area contributed by atoms with Crippen LogP contribution in [0.4, 0.5) is 0 Å². The van der Waals surface area contributed by atoms with Gasteiger partial charge in [0.25, 0.3) is 0 Å². The minimum atomic E-state index is 1.01. The molecule has 0 spiro atoms. The van der Waals surface area contributed by atoms with Gasteiger partial charge in [0.2, 0.25) is 0 Å². The molecule has 3 aliphatic carbocycles. The summed E-state index contributed by atoms with van der Waals surface area (Å²) in [6.45, 7) is 0. The van der Waals surface area contributed by atoms with E-state index in [0.29, 0.717) is 0 Å². The van der Waals surface area contributed by atoms with Crippen molar-refractivity contribution in [3.05, 3.63) is 23.8 Å². The van der Waals surface area contributed by atoms with Gasteiger partial charge in [0.15, 0.2) is 0 Å². The molecule has 0 radical (unpaired) electrons. The van der Waals surface area contributed by atoms with Gasteiger partial charge in [-0.2, -0.15) is 0 Å². The number of rotatable bonds is 3. The number of allylic oxidation sites excluding steroid dienone is 4. The monoisotopic (exact) mass is 230 g/mol. The highest BCUT2D eigenvalue weighted by Crippen LogP contribution is 2.41. The van der Waals surface area contributed by atoms with Crippen molar-refractivity contribution in [3.63, 3.8) is 0 Å². The molecule has 0 nitrogen and oxygen atoms in total. The van der Waals surface area contributed by atoms with E-state index in [4.69, 9.17) is 0 Å². The Kier molecular flexibility index (Phi) is 3.68. The average Bonchev–Trinajstić information content (AvgIpc) is 2.81. The summed E-state index contributed by atoms with van der Waals surface area (Å²) in [5.41, 5.74) is 1.59. The van der Waals surface area contributed by atoms with E-state index in [1.165, 1.54) is 51.4 Å². The second-order valence-electron chi connectivity index (χ2n) is 6.45. The van der Waals surface area contributed by atoms with Gasteiger partial charge in [0.05, 0.1) is 0 Å². The van der Waals surface area contributed by atoms with Gasteiger partial charge in [0, 0.05) is 0 Å². The molecule has 0 aromatic rings. The molecule has 3 aliphatic rings. The third-order valence-corrected chi connectivity index (χ3v) is 5.36. The van der Waals surface area contributed by atoms with Crippen LogP contribution in [0.15, 0.2) is 23.8 Å². The van der Waals surface area contributed by atoms with Crippen LogP contribution < -0.4 is 0 Å². The molecule has 0 unspecified atom stereocenters. The minimum Gasteiger partial charge on any atom is -0.0807 e. The van der Waals surface area contributed by atoms with Crippen molar-refractivity contribution >= 4 is 0 Å². The summed E-state index contributed by atoms with van der Waals surface area (Å²) in [6, 6.07) is 0. The maximum absolute atomic E-state index is 2.50. The highest BCUT2D eigenvalue weighted by molar-refractivity contribution is 5.30. The van der Waals surface area contributed by atoms with Gasteiger partial charge in [-0.05, 0) is 61.9 Å². The van der Waals surface area contributed by atoms with E-state index in [2.05, 4.69) is 18.2 Å². The normalized spacial score (nSPS) is 36.4. The lowest BCUT2D eigenvalue weighted by Gasteiger charge is -2.32. The zero-order chi connectivity index (χ0) is 11.5. The lowest BCUT2D eigenvalue weighted by atomic mass is 9.74. The Morgan fingerprint density at radius 3 is 2.18 bits per heavy atom. The molecule has 0 amide bonds. The molecular formula is C17H26. The first-order valence-corrected chi connectivity index (χ1v) is 7.77. The van der Waals surface area contributed by atoms with Gasteiger partial charge < -0.3 is 0 Å². The van der Waals surface area contributed by atoms with Crippen molar-refractivity contribution in [3.8, 4) is 0 Å². The fraction of sp³-hybridized carbons (Fsp3) is 0.765. The minimum absolute atomic E-state index is 1.01. The summed E-state index contributed by atoms with van der Waals surface area (Å²) < 4.78 is 0. The maximum Gasteiger partial charge on any atom is -0.00975 e. The fourth-order valence-corrected chi connectivity index (χ4v) is 4.05. The predicted molar refractivity (Wildman–Crippen MR) is 73.9 cm³/mol. The van der Waals surface area contributed by atoms with Crippen molar-refractivity contribution in [2.75, 3.05) is 0 Å². The molecule has 0 heterocycles. The van der Waals surface area contributed by atoms with E-state index < -0.39 is 0 Å². The molecule has 0 atom stereocenters. The van der Waals surface area contributed by atoms with Crippen molar-refractivity contribution in [1.82, 2.24) is 0 Å². The van der Waals surface area contributed by atoms with Crippen molar-refractivity contribution < 1.29 is 0 Å². The third-order valence-electron chi connectivity index (χ3n) is 5.36. The Labute approximate surface area is 106 Å². The Morgan fingerprint density at radius 1 is 0.941 bits per heavy atom. The highest BCUT2D eigenvalue weighted by atomic mass is 14.3. The zero-order valence-electron chi connectivity index (χ0n) is 11.0. The lowest BCUT2D eigenvalue weighted by Crippen LogP contribution is -2.20. The van der Waals surface area contributed by atoms with E-state index >= 15 is 0 Å². The van der Waals surface area contributed by atoms with Crippen LogP contribution >= 0.6 is 0 Å². The molecule has 0 aromatic heterocycles. The fourth-order valence-electron chi connectivity index (χ4n) is 4.05. The Hall–Kier alpha value is -0.520. The first kappa shape index (κ1) is 11.6. The van der Waals surface area contributed by atoms with E-state index in [9.17, 15) is 0 Å². The van der Waals surface area contributed by atoms with E-state index in [-0.39, 0.29) is 0 Å². The molecule has 94 valence electrons. The summed E-state index contributed by atoms with van der Waals surface area (Å²) in [4.78, 5) is 0. The standard InChI is InChI=1S/C17H26/c1-2-7-16(6-1)17-12-10-15(11-13-17)9-8-14-4-3-5-14/h3-4,8,15-17H,1-2,5-7,9-13H2/b14-8+. The first-order chi connectivity index (χ1) is 8.42. The van der Waals surface area contributed by atoms with Crippen molar-refractivity contribution in [2.45, 2.75) is 64.2 Å². The van der Waals surface area contributed by atoms with Crippen LogP contribution in [0.2, 0.25) is 0 Å². The predicted octanol–water partition coefficient (Wildman–Crippen LogP) is 5.26. The molecule has 0 heteroatoms. The van der Waals surface area contributed by atoms with Gasteiger partial charge in [-0.1, -0.05) is 43.9 Å². The van der Waals surface area contributed by atoms with E-state index in [0.717, 1.165) is 17.8 Å². The quantitative estimate of drug-likeness (QED) is 0.620. The first-order valence-electron chi connectivity index (χ1n) is 7.77. The Bertz CT molecular complexity index is 296. The smallest absolute Gasteiger partial charge is 0.00975 e. The van der Waals surface area contributed by atoms with Crippen LogP contribution in [0.3, 0.4) is 0 Å². The van der Waals surface area contributed by atoms with E-state index in [1.54, 1.807) is 18.4 Å². The topological polar surface area (TPSA) is 0 Å². The van der Waals surface area contributed by atoms with Crippen LogP contribution in [-0.2, 0) is 0 Å². The maximum atomic E-state index is 2.50. The van der Waals surface area contributed by atoms with Crippen LogP contribution in [0, 0.1) is 17.8 Å². The van der Waals surface area contributed by atoms with E-state index in [1.807, 2.05) is 0 Å². The van der Waals surface area contributed by atoms with Gasteiger partial charge in [-0.15, -0.1) is 0 Å². The second kappa shape index (κ2) is 5.42. The number of hydrogen-bond acceptors (Lipinski definition) is 0. The summed E-state index contributed by atoms with van der Waals surface area (Å²) in [6.07, 6.45) is 21.9. The summed E-state index contributed by atoms with van der Waals surface area (Å²) in [5.74, 6) is 3.23. The molecule has 2 saturated carbocycles. The summed E-state index contributed by atoms with van der Waals surface area (Å²) in [7, 11) is 0. The van der Waals surface area contributed by atoms with Gasteiger partial charge in [-0.3, -0.25) is 0 Å².